The molecule has 1 heterocycles. The summed E-state index contributed by atoms with van der Waals surface area (Å²) in [6.07, 6.45) is 5.54. The van der Waals surface area contributed by atoms with Gasteiger partial charge in [-0.15, -0.1) is 0 Å². The highest BCUT2D eigenvalue weighted by Gasteiger charge is 2.29. The number of carbonyl (C=O) groups is 1. The van der Waals surface area contributed by atoms with Crippen LogP contribution in [0.4, 0.5) is 0 Å². The van der Waals surface area contributed by atoms with Gasteiger partial charge in [0, 0.05) is 13.2 Å². The predicted octanol–water partition coefficient (Wildman–Crippen LogP) is 0.899. The van der Waals surface area contributed by atoms with Gasteiger partial charge in [-0.2, -0.15) is 0 Å². The summed E-state index contributed by atoms with van der Waals surface area (Å²) in [5, 5.41) is 15.6. The molecule has 0 aromatic heterocycles. The molecule has 4 unspecified atom stereocenters. The maximum atomic E-state index is 12.1. The van der Waals surface area contributed by atoms with E-state index >= 15 is 0 Å². The minimum Gasteiger partial charge on any atom is -0.396 e. The average molecular weight is 254 g/mol. The Labute approximate surface area is 110 Å². The third-order valence-corrected chi connectivity index (χ3v) is 4.57. The molecule has 104 valence electrons. The number of piperidine rings is 1. The smallest absolute Gasteiger partial charge is 0.237 e. The average Bonchev–Trinajstić information content (AvgIpc) is 2.83. The molecule has 4 atom stereocenters. The van der Waals surface area contributed by atoms with E-state index in [0.29, 0.717) is 17.8 Å². The molecule has 18 heavy (non-hydrogen) atoms. The number of carbonyl (C=O) groups excluding carboxylic acids is 1. The first-order chi connectivity index (χ1) is 8.70. The van der Waals surface area contributed by atoms with Gasteiger partial charge in [-0.05, 0) is 50.0 Å². The first-order valence-electron chi connectivity index (χ1n) is 7.32. The molecular formula is C14H26N2O2. The molecule has 0 aromatic carbocycles. The van der Waals surface area contributed by atoms with Gasteiger partial charge in [0.05, 0.1) is 6.04 Å². The molecule has 4 nitrogen and oxygen atoms in total. The van der Waals surface area contributed by atoms with Gasteiger partial charge in [0.1, 0.15) is 0 Å². The largest absolute Gasteiger partial charge is 0.396 e. The highest BCUT2D eigenvalue weighted by molar-refractivity contribution is 5.81. The number of hydrogen-bond donors (Lipinski definition) is 3. The van der Waals surface area contributed by atoms with Crippen molar-refractivity contribution in [2.75, 3.05) is 19.7 Å². The normalized spacial score (nSPS) is 36.6. The number of hydrogen-bond acceptors (Lipinski definition) is 3. The van der Waals surface area contributed by atoms with Gasteiger partial charge < -0.3 is 15.7 Å². The third kappa shape index (κ3) is 3.45. The lowest BCUT2D eigenvalue weighted by molar-refractivity contribution is -0.124. The van der Waals surface area contributed by atoms with E-state index in [1.807, 2.05) is 0 Å². The monoisotopic (exact) mass is 254 g/mol. The minimum atomic E-state index is -0.0114. The van der Waals surface area contributed by atoms with Crippen LogP contribution in [-0.4, -0.2) is 36.8 Å². The molecule has 1 saturated heterocycles. The van der Waals surface area contributed by atoms with Gasteiger partial charge in [-0.1, -0.05) is 13.3 Å². The molecule has 0 aromatic rings. The van der Waals surface area contributed by atoms with Gasteiger partial charge in [-0.25, -0.2) is 0 Å². The van der Waals surface area contributed by atoms with E-state index in [-0.39, 0.29) is 18.6 Å². The standard InChI is InChI=1S/C14H26N2O2/c1-10-5-6-15-13(7-10)14(18)16-8-11-3-2-4-12(11)9-17/h10-13,15,17H,2-9H2,1H3,(H,16,18). The summed E-state index contributed by atoms with van der Waals surface area (Å²) >= 11 is 0. The van der Waals surface area contributed by atoms with Crippen molar-refractivity contribution in [2.45, 2.75) is 45.1 Å². The van der Waals surface area contributed by atoms with Crippen LogP contribution in [0.15, 0.2) is 0 Å². The zero-order chi connectivity index (χ0) is 13.0. The Bertz CT molecular complexity index is 283. The second-order valence-electron chi connectivity index (χ2n) is 6.02. The van der Waals surface area contributed by atoms with Crippen molar-refractivity contribution < 1.29 is 9.90 Å². The molecule has 3 N–H and O–H groups in total. The van der Waals surface area contributed by atoms with Crippen LogP contribution in [0.2, 0.25) is 0 Å². The van der Waals surface area contributed by atoms with E-state index in [2.05, 4.69) is 17.6 Å². The first-order valence-corrected chi connectivity index (χ1v) is 7.32. The second-order valence-corrected chi connectivity index (χ2v) is 6.02. The van der Waals surface area contributed by atoms with E-state index < -0.39 is 0 Å². The zero-order valence-electron chi connectivity index (χ0n) is 11.3. The lowest BCUT2D eigenvalue weighted by atomic mass is 9.93. The first kappa shape index (κ1) is 13.8. The summed E-state index contributed by atoms with van der Waals surface area (Å²) in [6.45, 7) is 4.15. The maximum Gasteiger partial charge on any atom is 0.237 e. The molecule has 4 heteroatoms. The molecule has 0 spiro atoms. The highest BCUT2D eigenvalue weighted by Crippen LogP contribution is 2.30. The second kappa shape index (κ2) is 6.53. The van der Waals surface area contributed by atoms with E-state index in [4.69, 9.17) is 0 Å². The van der Waals surface area contributed by atoms with Crippen LogP contribution in [0.25, 0.3) is 0 Å². The SMILES string of the molecule is CC1CCNC(C(=O)NCC2CCCC2CO)C1. The van der Waals surface area contributed by atoms with Crippen molar-refractivity contribution in [1.29, 1.82) is 0 Å². The Balaban J connectivity index is 1.74. The maximum absolute atomic E-state index is 12.1. The fourth-order valence-corrected chi connectivity index (χ4v) is 3.28. The van der Waals surface area contributed by atoms with Gasteiger partial charge in [0.15, 0.2) is 0 Å². The molecule has 1 amide bonds. The summed E-state index contributed by atoms with van der Waals surface area (Å²) in [4.78, 5) is 12.1. The Morgan fingerprint density at radius 1 is 1.33 bits per heavy atom. The van der Waals surface area contributed by atoms with Crippen LogP contribution in [0.1, 0.15) is 39.0 Å². The van der Waals surface area contributed by atoms with Crippen LogP contribution >= 0.6 is 0 Å². The van der Waals surface area contributed by atoms with E-state index in [0.717, 1.165) is 32.4 Å². The number of rotatable bonds is 4. The molecule has 1 aliphatic heterocycles. The quantitative estimate of drug-likeness (QED) is 0.698. The lowest BCUT2D eigenvalue weighted by Gasteiger charge is -2.28. The van der Waals surface area contributed by atoms with Gasteiger partial charge >= 0.3 is 0 Å². The molecule has 0 bridgehead atoms. The topological polar surface area (TPSA) is 61.4 Å². The minimum absolute atomic E-state index is 0.0114. The summed E-state index contributed by atoms with van der Waals surface area (Å²) in [6, 6.07) is -0.0114. The number of nitrogens with one attached hydrogen (secondary N) is 2. The van der Waals surface area contributed by atoms with Gasteiger partial charge in [0.2, 0.25) is 5.91 Å². The van der Waals surface area contributed by atoms with Crippen LogP contribution in [0.5, 0.6) is 0 Å². The number of aliphatic hydroxyl groups is 1. The summed E-state index contributed by atoms with van der Waals surface area (Å²) in [5.41, 5.74) is 0. The Hall–Kier alpha value is -0.610. The number of amides is 1. The molecule has 2 aliphatic rings. The van der Waals surface area contributed by atoms with Crippen molar-refractivity contribution in [3.63, 3.8) is 0 Å². The number of aliphatic hydroxyl groups excluding tert-OH is 1. The van der Waals surface area contributed by atoms with E-state index in [9.17, 15) is 9.90 Å². The van der Waals surface area contributed by atoms with Crippen LogP contribution < -0.4 is 10.6 Å². The van der Waals surface area contributed by atoms with Crippen molar-refractivity contribution >= 4 is 5.91 Å². The van der Waals surface area contributed by atoms with Crippen molar-refractivity contribution in [3.05, 3.63) is 0 Å². The fourth-order valence-electron chi connectivity index (χ4n) is 3.28. The molecule has 2 rings (SSSR count). The van der Waals surface area contributed by atoms with Crippen LogP contribution in [-0.2, 0) is 4.79 Å². The predicted molar refractivity (Wildman–Crippen MR) is 71.1 cm³/mol. The molecule has 2 fully saturated rings. The van der Waals surface area contributed by atoms with Crippen molar-refractivity contribution in [3.8, 4) is 0 Å². The van der Waals surface area contributed by atoms with Crippen molar-refractivity contribution in [1.82, 2.24) is 10.6 Å². The van der Waals surface area contributed by atoms with Crippen molar-refractivity contribution in [2.24, 2.45) is 17.8 Å². The molecular weight excluding hydrogens is 228 g/mol. The highest BCUT2D eigenvalue weighted by atomic mass is 16.3. The molecule has 1 aliphatic carbocycles. The summed E-state index contributed by atoms with van der Waals surface area (Å²) < 4.78 is 0. The third-order valence-electron chi connectivity index (χ3n) is 4.57. The van der Waals surface area contributed by atoms with E-state index in [1.54, 1.807) is 0 Å². The Morgan fingerprint density at radius 3 is 2.83 bits per heavy atom. The Morgan fingerprint density at radius 2 is 2.11 bits per heavy atom. The fraction of sp³-hybridized carbons (Fsp3) is 0.929. The zero-order valence-corrected chi connectivity index (χ0v) is 11.3. The summed E-state index contributed by atoms with van der Waals surface area (Å²) in [5.74, 6) is 1.65. The molecule has 0 radical (unpaired) electrons. The lowest BCUT2D eigenvalue weighted by Crippen LogP contribution is -2.49. The van der Waals surface area contributed by atoms with Crippen LogP contribution in [0.3, 0.4) is 0 Å². The summed E-state index contributed by atoms with van der Waals surface area (Å²) in [7, 11) is 0. The van der Waals surface area contributed by atoms with Crippen LogP contribution in [0, 0.1) is 17.8 Å². The van der Waals surface area contributed by atoms with E-state index in [1.165, 1.54) is 12.8 Å². The Kier molecular flexibility index (Phi) is 5.01. The van der Waals surface area contributed by atoms with Gasteiger partial charge in [-0.3, -0.25) is 4.79 Å². The molecule has 1 saturated carbocycles. The van der Waals surface area contributed by atoms with Gasteiger partial charge in [0.25, 0.3) is 0 Å².